The average Bonchev–Trinajstić information content (AvgIpc) is 2.80. The summed E-state index contributed by atoms with van der Waals surface area (Å²) in [5.74, 6) is -0.0313. The van der Waals surface area contributed by atoms with Gasteiger partial charge in [-0.2, -0.15) is 0 Å². The summed E-state index contributed by atoms with van der Waals surface area (Å²) in [5.41, 5.74) is 2.07. The van der Waals surface area contributed by atoms with Crippen molar-refractivity contribution in [2.75, 3.05) is 41.2 Å². The molecule has 1 aliphatic heterocycles. The smallest absolute Gasteiger partial charge is 0.263 e. The molecular formula is C22H22N4O4S. The van der Waals surface area contributed by atoms with E-state index in [2.05, 4.69) is 19.9 Å². The van der Waals surface area contributed by atoms with E-state index in [9.17, 15) is 13.2 Å². The summed E-state index contributed by atoms with van der Waals surface area (Å²) in [6.45, 7) is 3.06. The van der Waals surface area contributed by atoms with E-state index in [4.69, 9.17) is 4.74 Å². The normalized spacial score (nSPS) is 14.1. The van der Waals surface area contributed by atoms with Crippen LogP contribution in [0.3, 0.4) is 0 Å². The van der Waals surface area contributed by atoms with E-state index < -0.39 is 10.0 Å². The van der Waals surface area contributed by atoms with Crippen molar-refractivity contribution >= 4 is 33.1 Å². The van der Waals surface area contributed by atoms with E-state index in [0.29, 0.717) is 24.5 Å². The van der Waals surface area contributed by atoms with E-state index in [1.54, 1.807) is 42.5 Å². The number of anilines is 3. The minimum atomic E-state index is -3.77. The van der Waals surface area contributed by atoms with Crippen molar-refractivity contribution in [1.82, 2.24) is 4.98 Å². The molecule has 4 rings (SSSR count). The summed E-state index contributed by atoms with van der Waals surface area (Å²) in [5, 5.41) is 2.79. The summed E-state index contributed by atoms with van der Waals surface area (Å²) in [6.07, 6.45) is 1.50. The highest BCUT2D eigenvalue weighted by molar-refractivity contribution is 7.92. The predicted octanol–water partition coefficient (Wildman–Crippen LogP) is 2.97. The lowest BCUT2D eigenvalue weighted by Crippen LogP contribution is -2.36. The van der Waals surface area contributed by atoms with Crippen molar-refractivity contribution in [3.63, 3.8) is 0 Å². The number of sulfonamides is 1. The molecule has 160 valence electrons. The number of benzene rings is 2. The van der Waals surface area contributed by atoms with Crippen molar-refractivity contribution in [2.24, 2.45) is 0 Å². The van der Waals surface area contributed by atoms with Crippen LogP contribution in [0, 0.1) is 0 Å². The van der Waals surface area contributed by atoms with Gasteiger partial charge in [-0.25, -0.2) is 13.4 Å². The number of aromatic nitrogens is 1. The molecule has 2 heterocycles. The fourth-order valence-electron chi connectivity index (χ4n) is 3.19. The molecule has 1 aliphatic rings. The number of hydrogen-bond donors (Lipinski definition) is 2. The van der Waals surface area contributed by atoms with Gasteiger partial charge in [0.15, 0.2) is 0 Å². The van der Waals surface area contributed by atoms with Crippen LogP contribution in [0.4, 0.5) is 17.2 Å². The van der Waals surface area contributed by atoms with E-state index in [0.717, 1.165) is 18.8 Å². The Balaban J connectivity index is 1.39. The minimum Gasteiger partial charge on any atom is -0.378 e. The van der Waals surface area contributed by atoms with Crippen LogP contribution < -0.4 is 14.9 Å². The van der Waals surface area contributed by atoms with Crippen LogP contribution in [0.5, 0.6) is 0 Å². The Hall–Kier alpha value is -3.43. The number of pyridine rings is 1. The first-order valence-corrected chi connectivity index (χ1v) is 11.3. The maximum Gasteiger partial charge on any atom is 0.263 e. The van der Waals surface area contributed by atoms with Crippen molar-refractivity contribution < 1.29 is 17.9 Å². The maximum atomic E-state index is 12.5. The highest BCUT2D eigenvalue weighted by atomic mass is 32.2. The lowest BCUT2D eigenvalue weighted by Gasteiger charge is -2.28. The zero-order chi connectivity index (χ0) is 21.7. The Bertz CT molecular complexity index is 1130. The number of nitrogens with one attached hydrogen (secondary N) is 2. The average molecular weight is 439 g/mol. The minimum absolute atomic E-state index is 0.0750. The molecule has 1 fully saturated rings. The molecule has 1 saturated heterocycles. The van der Waals surface area contributed by atoms with Gasteiger partial charge in [-0.15, -0.1) is 0 Å². The van der Waals surface area contributed by atoms with Gasteiger partial charge < -0.3 is 15.0 Å². The number of amides is 1. The van der Waals surface area contributed by atoms with Gasteiger partial charge in [0.25, 0.3) is 15.9 Å². The molecule has 0 saturated carbocycles. The van der Waals surface area contributed by atoms with Crippen LogP contribution in [0.1, 0.15) is 10.4 Å². The number of nitrogens with zero attached hydrogens (tertiary/aromatic N) is 2. The lowest BCUT2D eigenvalue weighted by atomic mass is 10.1. The largest absolute Gasteiger partial charge is 0.378 e. The fourth-order valence-corrected chi connectivity index (χ4v) is 4.19. The van der Waals surface area contributed by atoms with E-state index in [-0.39, 0.29) is 16.6 Å². The molecule has 1 amide bonds. The number of carbonyl (C=O) groups excluding carboxylic acids is 1. The highest BCUT2D eigenvalue weighted by Gasteiger charge is 2.16. The van der Waals surface area contributed by atoms with E-state index >= 15 is 0 Å². The summed E-state index contributed by atoms with van der Waals surface area (Å²) >= 11 is 0. The molecular weight excluding hydrogens is 416 g/mol. The topological polar surface area (TPSA) is 101 Å². The summed E-state index contributed by atoms with van der Waals surface area (Å²) < 4.78 is 32.7. The van der Waals surface area contributed by atoms with Gasteiger partial charge in [-0.05, 0) is 60.7 Å². The summed E-state index contributed by atoms with van der Waals surface area (Å²) in [4.78, 5) is 18.8. The van der Waals surface area contributed by atoms with Gasteiger partial charge >= 0.3 is 0 Å². The molecule has 0 spiro atoms. The van der Waals surface area contributed by atoms with Crippen molar-refractivity contribution in [1.29, 1.82) is 0 Å². The van der Waals surface area contributed by atoms with Crippen LogP contribution in [0.15, 0.2) is 77.8 Å². The highest BCUT2D eigenvalue weighted by Crippen LogP contribution is 2.19. The standard InChI is InChI=1S/C22H22N4O4S/c27-22(17-4-8-19(9-5-17)26-13-15-30-16-14-26)24-18-6-10-20(11-7-18)31(28,29)25-21-3-1-2-12-23-21/h1-12H,13-16H2,(H,23,25)(H,24,27). The number of carbonyl (C=O) groups is 1. The van der Waals surface area contributed by atoms with Gasteiger partial charge in [-0.1, -0.05) is 6.07 Å². The number of hydrogen-bond acceptors (Lipinski definition) is 6. The van der Waals surface area contributed by atoms with Crippen LogP contribution in [0.25, 0.3) is 0 Å². The molecule has 8 nitrogen and oxygen atoms in total. The Morgan fingerprint density at radius 3 is 2.29 bits per heavy atom. The third-order valence-corrected chi connectivity index (χ3v) is 6.20. The third kappa shape index (κ3) is 5.19. The Labute approximate surface area is 180 Å². The molecule has 3 aromatic rings. The zero-order valence-electron chi connectivity index (χ0n) is 16.7. The quantitative estimate of drug-likeness (QED) is 0.614. The molecule has 0 bridgehead atoms. The first kappa shape index (κ1) is 20.8. The van der Waals surface area contributed by atoms with Crippen molar-refractivity contribution in [3.05, 3.63) is 78.5 Å². The third-order valence-electron chi connectivity index (χ3n) is 4.83. The predicted molar refractivity (Wildman–Crippen MR) is 119 cm³/mol. The van der Waals surface area contributed by atoms with Gasteiger partial charge in [-0.3, -0.25) is 9.52 Å². The van der Waals surface area contributed by atoms with Crippen LogP contribution in [-0.4, -0.2) is 45.6 Å². The molecule has 0 aliphatic carbocycles. The Kier molecular flexibility index (Phi) is 6.15. The summed E-state index contributed by atoms with van der Waals surface area (Å²) in [7, 11) is -3.77. The number of ether oxygens (including phenoxy) is 1. The Morgan fingerprint density at radius 1 is 0.935 bits per heavy atom. The van der Waals surface area contributed by atoms with Gasteiger partial charge in [0.05, 0.1) is 18.1 Å². The van der Waals surface area contributed by atoms with Crippen molar-refractivity contribution in [2.45, 2.75) is 4.90 Å². The monoisotopic (exact) mass is 438 g/mol. The molecule has 9 heteroatoms. The first-order valence-electron chi connectivity index (χ1n) is 9.79. The fraction of sp³-hybridized carbons (Fsp3) is 0.182. The van der Waals surface area contributed by atoms with E-state index in [1.165, 1.54) is 18.3 Å². The lowest BCUT2D eigenvalue weighted by molar-refractivity contribution is 0.102. The molecule has 0 radical (unpaired) electrons. The molecule has 31 heavy (non-hydrogen) atoms. The summed E-state index contributed by atoms with van der Waals surface area (Å²) in [6, 6.07) is 18.3. The van der Waals surface area contributed by atoms with Crippen LogP contribution >= 0.6 is 0 Å². The van der Waals surface area contributed by atoms with Gasteiger partial charge in [0.2, 0.25) is 0 Å². The van der Waals surface area contributed by atoms with Gasteiger partial charge in [0, 0.05) is 36.2 Å². The second kappa shape index (κ2) is 9.15. The molecule has 0 unspecified atom stereocenters. The maximum absolute atomic E-state index is 12.5. The molecule has 0 atom stereocenters. The number of morpholine rings is 1. The van der Waals surface area contributed by atoms with E-state index in [1.807, 2.05) is 12.1 Å². The second-order valence-electron chi connectivity index (χ2n) is 6.95. The van der Waals surface area contributed by atoms with Crippen molar-refractivity contribution in [3.8, 4) is 0 Å². The SMILES string of the molecule is O=C(Nc1ccc(S(=O)(=O)Nc2ccccn2)cc1)c1ccc(N2CCOCC2)cc1. The van der Waals surface area contributed by atoms with Crippen LogP contribution in [-0.2, 0) is 14.8 Å². The zero-order valence-corrected chi connectivity index (χ0v) is 17.5. The number of rotatable bonds is 6. The Morgan fingerprint density at radius 2 is 1.65 bits per heavy atom. The molecule has 2 aromatic carbocycles. The molecule has 2 N–H and O–H groups in total. The molecule has 1 aromatic heterocycles. The first-order chi connectivity index (χ1) is 15.0. The van der Waals surface area contributed by atoms with Crippen LogP contribution in [0.2, 0.25) is 0 Å². The second-order valence-corrected chi connectivity index (χ2v) is 8.63. The van der Waals surface area contributed by atoms with Gasteiger partial charge in [0.1, 0.15) is 5.82 Å².